The molecule has 1 aromatic rings. The zero-order chi connectivity index (χ0) is 23.4. The molecule has 2 N–H and O–H groups in total. The highest BCUT2D eigenvalue weighted by molar-refractivity contribution is 5.76. The molecule has 0 aliphatic carbocycles. The molecule has 8 nitrogen and oxygen atoms in total. The number of hydrogen-bond donors (Lipinski definition) is 2. The molecule has 0 saturated carbocycles. The molecule has 1 fully saturated rings. The van der Waals surface area contributed by atoms with Crippen LogP contribution in [0.3, 0.4) is 0 Å². The van der Waals surface area contributed by atoms with E-state index < -0.39 is 53.5 Å². The van der Waals surface area contributed by atoms with E-state index in [0.717, 1.165) is 5.56 Å². The monoisotopic (exact) mass is 438 g/mol. The fraction of sp³-hybridized carbons (Fsp3) is 0.652. The van der Waals surface area contributed by atoms with Crippen LogP contribution < -0.4 is 0 Å². The maximum atomic E-state index is 12.4. The van der Waals surface area contributed by atoms with Crippen molar-refractivity contribution in [1.82, 2.24) is 0 Å². The summed E-state index contributed by atoms with van der Waals surface area (Å²) in [6, 6.07) is 9.26. The molecule has 2 rings (SSSR count). The van der Waals surface area contributed by atoms with Crippen LogP contribution in [0.15, 0.2) is 30.3 Å². The Kier molecular flexibility index (Phi) is 8.21. The van der Waals surface area contributed by atoms with Gasteiger partial charge in [-0.3, -0.25) is 9.59 Å². The van der Waals surface area contributed by atoms with Gasteiger partial charge in [-0.25, -0.2) is 0 Å². The highest BCUT2D eigenvalue weighted by Crippen LogP contribution is 2.29. The first kappa shape index (κ1) is 25.3. The van der Waals surface area contributed by atoms with Crippen molar-refractivity contribution < 1.29 is 38.7 Å². The summed E-state index contributed by atoms with van der Waals surface area (Å²) in [6.07, 6.45) is -6.26. The summed E-state index contributed by atoms with van der Waals surface area (Å²) in [6.45, 7) is 9.98. The van der Waals surface area contributed by atoms with Crippen LogP contribution >= 0.6 is 0 Å². The number of hydrogen-bond acceptors (Lipinski definition) is 8. The van der Waals surface area contributed by atoms with Gasteiger partial charge in [-0.1, -0.05) is 30.3 Å². The van der Waals surface area contributed by atoms with E-state index in [0.29, 0.717) is 0 Å². The first-order chi connectivity index (χ1) is 14.3. The highest BCUT2D eigenvalue weighted by Gasteiger charge is 2.49. The van der Waals surface area contributed by atoms with E-state index in [1.54, 1.807) is 41.5 Å². The van der Waals surface area contributed by atoms with Crippen molar-refractivity contribution >= 4 is 11.9 Å². The van der Waals surface area contributed by atoms with Crippen molar-refractivity contribution in [1.29, 1.82) is 0 Å². The van der Waals surface area contributed by atoms with Crippen LogP contribution in [0.4, 0.5) is 0 Å². The minimum Gasteiger partial charge on any atom is -0.462 e. The lowest BCUT2D eigenvalue weighted by molar-refractivity contribution is -0.302. The minimum atomic E-state index is -1.56. The fourth-order valence-corrected chi connectivity index (χ4v) is 2.80. The fourth-order valence-electron chi connectivity index (χ4n) is 2.80. The first-order valence-corrected chi connectivity index (χ1v) is 10.4. The molecule has 1 aromatic carbocycles. The van der Waals surface area contributed by atoms with Crippen molar-refractivity contribution in [3.05, 3.63) is 35.9 Å². The third-order valence-electron chi connectivity index (χ3n) is 4.77. The zero-order valence-electron chi connectivity index (χ0n) is 19.0. The molecule has 1 aliphatic heterocycles. The number of carbonyl (C=O) groups is 2. The van der Waals surface area contributed by atoms with Gasteiger partial charge in [-0.05, 0) is 47.1 Å². The van der Waals surface area contributed by atoms with E-state index in [1.165, 1.54) is 0 Å². The van der Waals surface area contributed by atoms with Gasteiger partial charge >= 0.3 is 11.9 Å². The predicted octanol–water partition coefficient (Wildman–Crippen LogP) is 2.20. The van der Waals surface area contributed by atoms with E-state index in [2.05, 4.69) is 0 Å². The Morgan fingerprint density at radius 1 is 0.935 bits per heavy atom. The Morgan fingerprint density at radius 3 is 2.06 bits per heavy atom. The zero-order valence-corrected chi connectivity index (χ0v) is 19.0. The average molecular weight is 439 g/mol. The standard InChI is InChI=1S/C23H34O8/c1-22(2,3)20(26)29-13-15-16(24)17(28-12-14-10-8-7-9-11-14)18(19(25)30-15)31-21(27)23(4,5)6/h7-11,15-19,24-25H,12-13H2,1-6H3/t15-,16-,17+,18-,19?/m1/s1. The summed E-state index contributed by atoms with van der Waals surface area (Å²) in [5.41, 5.74) is -0.716. The third-order valence-corrected chi connectivity index (χ3v) is 4.77. The summed E-state index contributed by atoms with van der Waals surface area (Å²) in [5.74, 6) is -1.04. The molecule has 5 atom stereocenters. The van der Waals surface area contributed by atoms with E-state index in [9.17, 15) is 19.8 Å². The molecular formula is C23H34O8. The number of carbonyl (C=O) groups excluding carboxylic acids is 2. The second kappa shape index (κ2) is 10.1. The predicted molar refractivity (Wildman–Crippen MR) is 112 cm³/mol. The van der Waals surface area contributed by atoms with Crippen LogP contribution in [0.25, 0.3) is 0 Å². The van der Waals surface area contributed by atoms with E-state index in [1.807, 2.05) is 30.3 Å². The number of aliphatic hydroxyl groups is 2. The summed E-state index contributed by atoms with van der Waals surface area (Å²) < 4.78 is 22.0. The van der Waals surface area contributed by atoms with Crippen LogP contribution in [-0.2, 0) is 35.1 Å². The van der Waals surface area contributed by atoms with E-state index >= 15 is 0 Å². The Bertz CT molecular complexity index is 734. The van der Waals surface area contributed by atoms with Gasteiger partial charge in [0.25, 0.3) is 0 Å². The summed E-state index contributed by atoms with van der Waals surface area (Å²) in [4.78, 5) is 24.5. The molecule has 174 valence electrons. The number of benzene rings is 1. The highest BCUT2D eigenvalue weighted by atomic mass is 16.7. The molecule has 1 heterocycles. The van der Waals surface area contributed by atoms with Gasteiger partial charge in [-0.2, -0.15) is 0 Å². The number of ether oxygens (including phenoxy) is 4. The molecule has 1 saturated heterocycles. The van der Waals surface area contributed by atoms with Gasteiger partial charge < -0.3 is 29.2 Å². The lowest BCUT2D eigenvalue weighted by Gasteiger charge is -2.42. The lowest BCUT2D eigenvalue weighted by atomic mass is 9.95. The Balaban J connectivity index is 2.17. The lowest BCUT2D eigenvalue weighted by Crippen LogP contribution is -2.61. The summed E-state index contributed by atoms with van der Waals surface area (Å²) in [7, 11) is 0. The first-order valence-electron chi connectivity index (χ1n) is 10.4. The average Bonchev–Trinajstić information content (AvgIpc) is 2.68. The van der Waals surface area contributed by atoms with Crippen LogP contribution in [-0.4, -0.2) is 59.5 Å². The van der Waals surface area contributed by atoms with Crippen LogP contribution in [0.5, 0.6) is 0 Å². The van der Waals surface area contributed by atoms with Crippen LogP contribution in [0.1, 0.15) is 47.1 Å². The van der Waals surface area contributed by atoms with Gasteiger partial charge in [0.15, 0.2) is 12.4 Å². The third kappa shape index (κ3) is 7.00. The van der Waals surface area contributed by atoms with Gasteiger partial charge in [0.2, 0.25) is 0 Å². The quantitative estimate of drug-likeness (QED) is 0.650. The molecule has 0 radical (unpaired) electrons. The van der Waals surface area contributed by atoms with Crippen molar-refractivity contribution in [2.24, 2.45) is 10.8 Å². The minimum absolute atomic E-state index is 0.118. The number of rotatable bonds is 6. The molecule has 0 amide bonds. The number of aliphatic hydroxyl groups excluding tert-OH is 2. The topological polar surface area (TPSA) is 112 Å². The van der Waals surface area contributed by atoms with Crippen LogP contribution in [0.2, 0.25) is 0 Å². The van der Waals surface area contributed by atoms with E-state index in [4.69, 9.17) is 18.9 Å². The number of esters is 2. The maximum absolute atomic E-state index is 12.4. The summed E-state index contributed by atoms with van der Waals surface area (Å²) >= 11 is 0. The SMILES string of the molecule is CC(C)(C)C(=O)OC[C@H]1OC(O)[C@H](OC(=O)C(C)(C)C)[C@@H](OCc2ccccc2)[C@@H]1O. The van der Waals surface area contributed by atoms with Gasteiger partial charge in [0.05, 0.1) is 17.4 Å². The van der Waals surface area contributed by atoms with Crippen molar-refractivity contribution in [3.63, 3.8) is 0 Å². The smallest absolute Gasteiger partial charge is 0.311 e. The Labute approximate surface area is 183 Å². The second-order valence-corrected chi connectivity index (χ2v) is 9.79. The maximum Gasteiger partial charge on any atom is 0.311 e. The largest absolute Gasteiger partial charge is 0.462 e. The molecule has 8 heteroatoms. The van der Waals surface area contributed by atoms with Gasteiger partial charge in [0, 0.05) is 0 Å². The van der Waals surface area contributed by atoms with Gasteiger partial charge in [-0.15, -0.1) is 0 Å². The second-order valence-electron chi connectivity index (χ2n) is 9.79. The van der Waals surface area contributed by atoms with Crippen molar-refractivity contribution in [2.75, 3.05) is 6.61 Å². The molecule has 1 unspecified atom stereocenters. The van der Waals surface area contributed by atoms with Crippen LogP contribution in [0, 0.1) is 10.8 Å². The van der Waals surface area contributed by atoms with Gasteiger partial charge in [0.1, 0.15) is 24.9 Å². The Morgan fingerprint density at radius 2 is 1.52 bits per heavy atom. The molecule has 31 heavy (non-hydrogen) atoms. The van der Waals surface area contributed by atoms with E-state index in [-0.39, 0.29) is 13.2 Å². The normalized spacial score (nSPS) is 26.9. The molecule has 1 aliphatic rings. The molecular weight excluding hydrogens is 404 g/mol. The molecule has 0 bridgehead atoms. The molecule has 0 spiro atoms. The van der Waals surface area contributed by atoms with Crippen molar-refractivity contribution in [3.8, 4) is 0 Å². The molecule has 0 aromatic heterocycles. The van der Waals surface area contributed by atoms with Crippen molar-refractivity contribution in [2.45, 2.75) is 78.9 Å². The summed E-state index contributed by atoms with van der Waals surface area (Å²) in [5, 5.41) is 21.4. The Hall–Kier alpha value is -2.00.